The molecule has 2 aliphatic rings. The number of hydrogen-bond acceptors (Lipinski definition) is 7. The van der Waals surface area contributed by atoms with Gasteiger partial charge < -0.3 is 9.64 Å². The highest BCUT2D eigenvalue weighted by molar-refractivity contribution is 9.10. The van der Waals surface area contributed by atoms with Gasteiger partial charge in [-0.3, -0.25) is 4.79 Å². The maximum Gasteiger partial charge on any atom is 0.281 e. The second kappa shape index (κ2) is 8.78. The molecule has 0 unspecified atom stereocenters. The van der Waals surface area contributed by atoms with Gasteiger partial charge in [0.2, 0.25) is 0 Å². The molecule has 1 N–H and O–H groups in total. The van der Waals surface area contributed by atoms with Crippen molar-refractivity contribution in [1.29, 1.82) is 5.26 Å². The first-order valence-electron chi connectivity index (χ1n) is 10.4. The average Bonchev–Trinajstić information content (AvgIpc) is 3.57. The third-order valence-electron chi connectivity index (χ3n) is 5.99. The molecule has 1 saturated heterocycles. The molecule has 1 saturated carbocycles. The molecular formula is C22H22BrClN4O4S. The summed E-state index contributed by atoms with van der Waals surface area (Å²) in [5.41, 5.74) is -1.66. The molecule has 4 rings (SSSR count). The first-order valence-corrected chi connectivity index (χ1v) is 13.1. The number of carbonyl (C=O) groups excluding carboxylic acids is 1. The third kappa shape index (κ3) is 5.10. The van der Waals surface area contributed by atoms with E-state index in [9.17, 15) is 18.5 Å². The molecular weight excluding hydrogens is 532 g/mol. The molecule has 0 bridgehead atoms. The lowest BCUT2D eigenvalue weighted by atomic mass is 9.82. The fraction of sp³-hybridized carbons (Fsp3) is 0.409. The largest absolute Gasteiger partial charge is 0.476 e. The fourth-order valence-corrected chi connectivity index (χ4v) is 5.09. The zero-order valence-electron chi connectivity index (χ0n) is 17.8. The van der Waals surface area contributed by atoms with Gasteiger partial charge in [0.1, 0.15) is 11.6 Å². The van der Waals surface area contributed by atoms with Crippen molar-refractivity contribution in [3.05, 3.63) is 45.9 Å². The van der Waals surface area contributed by atoms with Crippen molar-refractivity contribution in [3.8, 4) is 11.8 Å². The second-order valence-corrected chi connectivity index (χ2v) is 11.5. The van der Waals surface area contributed by atoms with Crippen molar-refractivity contribution in [2.45, 2.75) is 43.2 Å². The predicted molar refractivity (Wildman–Crippen MR) is 126 cm³/mol. The maximum absolute atomic E-state index is 12.9. The van der Waals surface area contributed by atoms with Crippen LogP contribution in [0, 0.1) is 16.7 Å². The molecule has 2 aromatic rings. The van der Waals surface area contributed by atoms with Crippen LogP contribution in [-0.4, -0.2) is 38.0 Å². The first-order chi connectivity index (χ1) is 15.6. The highest BCUT2D eigenvalue weighted by atomic mass is 79.9. The number of rotatable bonds is 6. The summed E-state index contributed by atoms with van der Waals surface area (Å²) in [6.07, 6.45) is 2.09. The lowest BCUT2D eigenvalue weighted by Gasteiger charge is -2.35. The van der Waals surface area contributed by atoms with Gasteiger partial charge >= 0.3 is 0 Å². The molecule has 0 radical (unpaired) electrons. The number of nitrogens with zero attached hydrogens (tertiary/aromatic N) is 3. The number of halogens is 2. The maximum atomic E-state index is 12.9. The number of carbonyl (C=O) groups is 1. The molecule has 174 valence electrons. The molecule has 1 aromatic heterocycles. The molecule has 33 heavy (non-hydrogen) atoms. The van der Waals surface area contributed by atoms with Crippen molar-refractivity contribution in [3.63, 3.8) is 0 Å². The first kappa shape index (κ1) is 23.8. The summed E-state index contributed by atoms with van der Waals surface area (Å²) in [5.74, 6) is 0.108. The summed E-state index contributed by atoms with van der Waals surface area (Å²) in [7, 11) is -4.21. The van der Waals surface area contributed by atoms with Crippen LogP contribution in [0.4, 0.5) is 5.82 Å². The topological polar surface area (TPSA) is 112 Å². The van der Waals surface area contributed by atoms with Crippen molar-refractivity contribution in [2.75, 3.05) is 18.0 Å². The Labute approximate surface area is 206 Å². The van der Waals surface area contributed by atoms with Gasteiger partial charge in [-0.1, -0.05) is 17.7 Å². The Morgan fingerprint density at radius 3 is 2.58 bits per heavy atom. The van der Waals surface area contributed by atoms with Crippen LogP contribution in [0.15, 0.2) is 45.9 Å². The number of hydrogen-bond donors (Lipinski definition) is 1. The van der Waals surface area contributed by atoms with E-state index >= 15 is 0 Å². The van der Waals surface area contributed by atoms with Gasteiger partial charge in [0.05, 0.1) is 16.0 Å². The number of sulfonamides is 1. The fourth-order valence-electron chi connectivity index (χ4n) is 3.59. The molecule has 0 atom stereocenters. The Kier molecular flexibility index (Phi) is 6.33. The van der Waals surface area contributed by atoms with Crippen LogP contribution in [0.1, 0.15) is 32.6 Å². The zero-order valence-corrected chi connectivity index (χ0v) is 21.0. The number of amides is 1. The smallest absolute Gasteiger partial charge is 0.281 e. The Balaban J connectivity index is 1.48. The van der Waals surface area contributed by atoms with Gasteiger partial charge in [-0.05, 0) is 66.0 Å². The highest BCUT2D eigenvalue weighted by Gasteiger charge is 2.54. The quantitative estimate of drug-likeness (QED) is 0.574. The van der Waals surface area contributed by atoms with E-state index in [1.54, 1.807) is 30.3 Å². The minimum atomic E-state index is -4.21. The van der Waals surface area contributed by atoms with Crippen LogP contribution in [0.3, 0.4) is 0 Å². The lowest BCUT2D eigenvalue weighted by Crippen LogP contribution is -2.43. The Bertz CT molecular complexity index is 1240. The average molecular weight is 554 g/mol. The van der Waals surface area contributed by atoms with Gasteiger partial charge in [0, 0.05) is 31.0 Å². The van der Waals surface area contributed by atoms with Gasteiger partial charge in [0.25, 0.3) is 15.9 Å². The van der Waals surface area contributed by atoms with E-state index < -0.39 is 21.5 Å². The molecule has 2 heterocycles. The van der Waals surface area contributed by atoms with E-state index in [1.165, 1.54) is 6.07 Å². The second-order valence-electron chi connectivity index (χ2n) is 8.60. The van der Waals surface area contributed by atoms with Crippen LogP contribution in [-0.2, 0) is 14.8 Å². The van der Waals surface area contributed by atoms with E-state index in [2.05, 4.69) is 31.7 Å². The standard InChI is InChI=1S/C22H22BrClN4O4S/c1-21(14-25)9-11-28(12-10-21)18-3-2-4-19(26-18)33(30,31)27-20(29)22(7-8-22)32-17-13-15(24)5-6-16(17)23/h2-6,13H,7-12H2,1H3,(H,27,29). The molecule has 0 spiro atoms. The minimum absolute atomic E-state index is 0.248. The van der Waals surface area contributed by atoms with Gasteiger partial charge in [-0.2, -0.15) is 13.7 Å². The molecule has 1 aliphatic carbocycles. The van der Waals surface area contributed by atoms with Crippen LogP contribution < -0.4 is 14.4 Å². The zero-order chi connectivity index (χ0) is 23.9. The summed E-state index contributed by atoms with van der Waals surface area (Å²) in [5, 5.41) is 9.50. The lowest BCUT2D eigenvalue weighted by molar-refractivity contribution is -0.127. The number of nitriles is 1. The van der Waals surface area contributed by atoms with Crippen LogP contribution in [0.25, 0.3) is 0 Å². The summed E-state index contributed by atoms with van der Waals surface area (Å²) in [4.78, 5) is 19.1. The van der Waals surface area contributed by atoms with Gasteiger partial charge in [-0.15, -0.1) is 0 Å². The SMILES string of the molecule is CC1(C#N)CCN(c2cccc(S(=O)(=O)NC(=O)C3(Oc4cc(Cl)ccc4Br)CC3)n2)CC1. The summed E-state index contributed by atoms with van der Waals surface area (Å²) in [6.45, 7) is 3.11. The Hall–Kier alpha value is -2.35. The number of benzene rings is 1. The number of pyridine rings is 1. The van der Waals surface area contributed by atoms with Crippen molar-refractivity contribution < 1.29 is 17.9 Å². The van der Waals surface area contributed by atoms with E-state index in [1.807, 2.05) is 11.8 Å². The number of piperidine rings is 1. The third-order valence-corrected chi connectivity index (χ3v) is 8.11. The van der Waals surface area contributed by atoms with E-state index in [-0.39, 0.29) is 10.4 Å². The van der Waals surface area contributed by atoms with Gasteiger partial charge in [0.15, 0.2) is 10.6 Å². The minimum Gasteiger partial charge on any atom is -0.476 e. The van der Waals surface area contributed by atoms with E-state index in [0.717, 1.165) is 0 Å². The van der Waals surface area contributed by atoms with Crippen LogP contribution in [0.2, 0.25) is 5.02 Å². The Morgan fingerprint density at radius 2 is 1.94 bits per heavy atom. The Morgan fingerprint density at radius 1 is 1.24 bits per heavy atom. The summed E-state index contributed by atoms with van der Waals surface area (Å²) >= 11 is 9.36. The number of nitrogens with one attached hydrogen (secondary N) is 1. The number of aromatic nitrogens is 1. The van der Waals surface area contributed by atoms with Crippen LogP contribution in [0.5, 0.6) is 5.75 Å². The molecule has 1 aromatic carbocycles. The monoisotopic (exact) mass is 552 g/mol. The number of ether oxygens (including phenoxy) is 1. The highest BCUT2D eigenvalue weighted by Crippen LogP contribution is 2.43. The van der Waals surface area contributed by atoms with Crippen LogP contribution >= 0.6 is 27.5 Å². The molecule has 11 heteroatoms. The molecule has 1 amide bonds. The van der Waals surface area contributed by atoms with E-state index in [4.69, 9.17) is 16.3 Å². The normalized spacial score (nSPS) is 18.8. The molecule has 8 nitrogen and oxygen atoms in total. The molecule has 1 aliphatic heterocycles. The summed E-state index contributed by atoms with van der Waals surface area (Å²) < 4.78 is 34.4. The van der Waals surface area contributed by atoms with Crippen molar-refractivity contribution in [1.82, 2.24) is 9.71 Å². The summed E-state index contributed by atoms with van der Waals surface area (Å²) in [6, 6.07) is 11.9. The van der Waals surface area contributed by atoms with Crippen molar-refractivity contribution >= 4 is 49.3 Å². The predicted octanol–water partition coefficient (Wildman–Crippen LogP) is 4.04. The van der Waals surface area contributed by atoms with Crippen molar-refractivity contribution in [2.24, 2.45) is 5.41 Å². The van der Waals surface area contributed by atoms with E-state index in [0.29, 0.717) is 59.8 Å². The van der Waals surface area contributed by atoms with Gasteiger partial charge in [-0.25, -0.2) is 9.71 Å². The number of anilines is 1. The molecule has 2 fully saturated rings.